The van der Waals surface area contributed by atoms with E-state index in [9.17, 15) is 14.7 Å². The first-order valence-corrected chi connectivity index (χ1v) is 7.92. The topological polar surface area (TPSA) is 143 Å². The predicted octanol–water partition coefficient (Wildman–Crippen LogP) is 1.31. The monoisotopic (exact) mass is 362 g/mol. The van der Waals surface area contributed by atoms with Gasteiger partial charge in [-0.05, 0) is 24.9 Å². The molecule has 2 aliphatic heterocycles. The third-order valence-electron chi connectivity index (χ3n) is 4.26. The van der Waals surface area contributed by atoms with Crippen molar-refractivity contribution in [3.63, 3.8) is 0 Å². The summed E-state index contributed by atoms with van der Waals surface area (Å²) in [6.45, 7) is 3.30. The molecule has 0 aliphatic carbocycles. The standard InChI is InChI=1S/C16H18N4O6/c1-15(2)25-11-13(26-15)24-10(12(21)22)16(11,19-20-17)14(23)18-8-9-6-4-3-5-7-9/h3-7,10-11,13H,8H2,1-2H3,(H,18,23)(H,21,22)/t10-,11+,13-,16+/m1/s1. The lowest BCUT2D eigenvalue weighted by molar-refractivity contribution is -0.216. The van der Waals surface area contributed by atoms with Crippen LogP contribution in [0.25, 0.3) is 10.4 Å². The molecule has 0 unspecified atom stereocenters. The minimum Gasteiger partial charge on any atom is -0.479 e. The van der Waals surface area contributed by atoms with Gasteiger partial charge in [-0.3, -0.25) is 4.79 Å². The van der Waals surface area contributed by atoms with Crippen LogP contribution in [0.3, 0.4) is 0 Å². The van der Waals surface area contributed by atoms with Gasteiger partial charge in [-0.2, -0.15) is 0 Å². The number of hydrogen-bond donors (Lipinski definition) is 2. The van der Waals surface area contributed by atoms with Gasteiger partial charge >= 0.3 is 5.97 Å². The highest BCUT2D eigenvalue weighted by molar-refractivity contribution is 5.95. The number of carbonyl (C=O) groups excluding carboxylic acids is 1. The summed E-state index contributed by atoms with van der Waals surface area (Å²) in [5.74, 6) is -3.37. The molecule has 1 aromatic carbocycles. The molecule has 1 amide bonds. The van der Waals surface area contributed by atoms with E-state index in [1.807, 2.05) is 6.07 Å². The van der Waals surface area contributed by atoms with Gasteiger partial charge in [0.15, 0.2) is 23.7 Å². The van der Waals surface area contributed by atoms with Gasteiger partial charge in [-0.1, -0.05) is 35.4 Å². The van der Waals surface area contributed by atoms with Gasteiger partial charge < -0.3 is 24.6 Å². The van der Waals surface area contributed by atoms with Crippen LogP contribution in [0.15, 0.2) is 35.4 Å². The lowest BCUT2D eigenvalue weighted by Crippen LogP contribution is -2.60. The summed E-state index contributed by atoms with van der Waals surface area (Å²) >= 11 is 0. The highest BCUT2D eigenvalue weighted by atomic mass is 16.8. The zero-order valence-electron chi connectivity index (χ0n) is 14.2. The van der Waals surface area contributed by atoms with E-state index in [0.717, 1.165) is 5.56 Å². The van der Waals surface area contributed by atoms with Crippen molar-refractivity contribution < 1.29 is 28.9 Å². The summed E-state index contributed by atoms with van der Waals surface area (Å²) in [7, 11) is 0. The van der Waals surface area contributed by atoms with Gasteiger partial charge in [0.25, 0.3) is 0 Å². The van der Waals surface area contributed by atoms with E-state index in [1.165, 1.54) is 0 Å². The van der Waals surface area contributed by atoms with Crippen molar-refractivity contribution >= 4 is 11.9 Å². The predicted molar refractivity (Wildman–Crippen MR) is 86.5 cm³/mol. The van der Waals surface area contributed by atoms with E-state index in [4.69, 9.17) is 19.7 Å². The number of azide groups is 1. The van der Waals surface area contributed by atoms with Crippen LogP contribution in [0.5, 0.6) is 0 Å². The molecule has 0 spiro atoms. The van der Waals surface area contributed by atoms with Crippen LogP contribution in [0.4, 0.5) is 0 Å². The number of ether oxygens (including phenoxy) is 3. The molecule has 0 bridgehead atoms. The van der Waals surface area contributed by atoms with Gasteiger partial charge in [0.2, 0.25) is 5.91 Å². The van der Waals surface area contributed by atoms with E-state index in [2.05, 4.69) is 15.3 Å². The fourth-order valence-electron chi connectivity index (χ4n) is 3.16. The molecule has 10 heteroatoms. The smallest absolute Gasteiger partial charge is 0.334 e. The zero-order valence-corrected chi connectivity index (χ0v) is 14.2. The molecule has 26 heavy (non-hydrogen) atoms. The van der Waals surface area contributed by atoms with E-state index in [1.54, 1.807) is 38.1 Å². The van der Waals surface area contributed by atoms with E-state index < -0.39 is 41.7 Å². The second-order valence-corrected chi connectivity index (χ2v) is 6.46. The van der Waals surface area contributed by atoms with Crippen molar-refractivity contribution in [2.24, 2.45) is 5.11 Å². The van der Waals surface area contributed by atoms with E-state index in [0.29, 0.717) is 0 Å². The molecule has 2 aliphatic rings. The molecule has 2 saturated heterocycles. The third-order valence-corrected chi connectivity index (χ3v) is 4.26. The summed E-state index contributed by atoms with van der Waals surface area (Å²) in [6.07, 6.45) is -4.07. The van der Waals surface area contributed by atoms with Crippen molar-refractivity contribution in [1.29, 1.82) is 0 Å². The first kappa shape index (κ1) is 18.2. The van der Waals surface area contributed by atoms with Crippen LogP contribution >= 0.6 is 0 Å². The van der Waals surface area contributed by atoms with Gasteiger partial charge in [0.1, 0.15) is 6.10 Å². The van der Waals surface area contributed by atoms with Gasteiger partial charge in [-0.25, -0.2) is 4.79 Å². The number of nitrogens with zero attached hydrogens (tertiary/aromatic N) is 3. The Kier molecular flexibility index (Phi) is 4.59. The number of hydrogen-bond acceptors (Lipinski definition) is 6. The van der Waals surface area contributed by atoms with Crippen LogP contribution in [0.2, 0.25) is 0 Å². The highest BCUT2D eigenvalue weighted by Gasteiger charge is 2.69. The maximum absolute atomic E-state index is 12.9. The summed E-state index contributed by atoms with van der Waals surface area (Å²) in [4.78, 5) is 27.3. The lowest BCUT2D eigenvalue weighted by Gasteiger charge is -2.31. The number of carbonyl (C=O) groups is 2. The molecule has 2 fully saturated rings. The Bertz CT molecular complexity index is 763. The van der Waals surface area contributed by atoms with Gasteiger partial charge in [0.05, 0.1) is 0 Å². The second-order valence-electron chi connectivity index (χ2n) is 6.46. The quantitative estimate of drug-likeness (QED) is 0.459. The Morgan fingerprint density at radius 1 is 1.31 bits per heavy atom. The van der Waals surface area contributed by atoms with Gasteiger partial charge in [0, 0.05) is 11.5 Å². The SMILES string of the molecule is CC1(C)O[C@H]2O[C@H](C(=O)O)[C@@](N=[N+]=[N-])(C(=O)NCc3ccccc3)[C@H]2O1. The molecule has 0 radical (unpaired) electrons. The van der Waals surface area contributed by atoms with Crippen molar-refractivity contribution in [3.8, 4) is 0 Å². The fraction of sp³-hybridized carbons (Fsp3) is 0.500. The molecule has 4 atom stereocenters. The molecule has 2 N–H and O–H groups in total. The number of benzene rings is 1. The average Bonchev–Trinajstić information content (AvgIpc) is 3.05. The third kappa shape index (κ3) is 2.99. The molecule has 3 rings (SSSR count). The lowest BCUT2D eigenvalue weighted by atomic mass is 9.87. The first-order chi connectivity index (χ1) is 12.3. The van der Waals surface area contributed by atoms with Crippen molar-refractivity contribution in [1.82, 2.24) is 5.32 Å². The molecular formula is C16H18N4O6. The van der Waals surface area contributed by atoms with Crippen LogP contribution in [0.1, 0.15) is 19.4 Å². The first-order valence-electron chi connectivity index (χ1n) is 7.92. The maximum atomic E-state index is 12.9. The number of aliphatic carboxylic acids is 1. The highest BCUT2D eigenvalue weighted by Crippen LogP contribution is 2.45. The van der Waals surface area contributed by atoms with E-state index >= 15 is 0 Å². The summed E-state index contributed by atoms with van der Waals surface area (Å²) in [5, 5.41) is 15.6. The molecule has 138 valence electrons. The summed E-state index contributed by atoms with van der Waals surface area (Å²) in [5.41, 5.74) is 7.67. The number of fused-ring (bicyclic) bond motifs is 1. The Hall–Kier alpha value is -2.65. The molecule has 0 aromatic heterocycles. The molecular weight excluding hydrogens is 344 g/mol. The van der Waals surface area contributed by atoms with Crippen LogP contribution in [0, 0.1) is 0 Å². The molecule has 0 saturated carbocycles. The zero-order chi connectivity index (χ0) is 18.9. The number of nitrogens with one attached hydrogen (secondary N) is 1. The summed E-state index contributed by atoms with van der Waals surface area (Å²) < 4.78 is 16.5. The molecule has 1 aromatic rings. The van der Waals surface area contributed by atoms with Crippen LogP contribution < -0.4 is 5.32 Å². The largest absolute Gasteiger partial charge is 0.479 e. The van der Waals surface area contributed by atoms with Crippen LogP contribution in [-0.2, 0) is 30.3 Å². The Morgan fingerprint density at radius 2 is 2.00 bits per heavy atom. The Balaban J connectivity index is 1.93. The Labute approximate surface area is 148 Å². The normalized spacial score (nSPS) is 31.7. The minimum atomic E-state index is -2.13. The molecule has 10 nitrogen and oxygen atoms in total. The number of carboxylic acid groups (broad SMARTS) is 1. The van der Waals surface area contributed by atoms with Crippen molar-refractivity contribution in [2.45, 2.75) is 50.2 Å². The average molecular weight is 362 g/mol. The number of rotatable bonds is 5. The Morgan fingerprint density at radius 3 is 2.62 bits per heavy atom. The number of carboxylic acids is 1. The van der Waals surface area contributed by atoms with Gasteiger partial charge in [-0.15, -0.1) is 0 Å². The number of amides is 1. The summed E-state index contributed by atoms with van der Waals surface area (Å²) in [6, 6.07) is 9.02. The van der Waals surface area contributed by atoms with Crippen molar-refractivity contribution in [3.05, 3.63) is 46.3 Å². The second kappa shape index (κ2) is 6.58. The maximum Gasteiger partial charge on any atom is 0.334 e. The van der Waals surface area contributed by atoms with Crippen LogP contribution in [-0.4, -0.2) is 46.8 Å². The van der Waals surface area contributed by atoms with Crippen molar-refractivity contribution in [2.75, 3.05) is 0 Å². The van der Waals surface area contributed by atoms with E-state index in [-0.39, 0.29) is 6.54 Å². The fourth-order valence-corrected chi connectivity index (χ4v) is 3.16. The minimum absolute atomic E-state index is 0.121. The molecule has 2 heterocycles.